The lowest BCUT2D eigenvalue weighted by Gasteiger charge is -2.27. The molecule has 0 aliphatic carbocycles. The maximum atomic E-state index is 13.1. The summed E-state index contributed by atoms with van der Waals surface area (Å²) >= 11 is 0. The molecule has 0 radical (unpaired) electrons. The third kappa shape index (κ3) is 3.48. The fraction of sp³-hybridized carbons (Fsp3) is 0.136. The number of rotatable bonds is 4. The molecule has 0 amide bonds. The molecule has 7 heteroatoms. The topological polar surface area (TPSA) is 65.4 Å². The highest BCUT2D eigenvalue weighted by molar-refractivity contribution is 6.02. The van der Waals surface area contributed by atoms with Crippen molar-refractivity contribution >= 4 is 29.1 Å². The monoisotopic (exact) mass is 386 g/mol. The molecule has 6 nitrogen and oxygen atoms in total. The zero-order valence-corrected chi connectivity index (χ0v) is 15.6. The number of hydrazine groups is 1. The Morgan fingerprint density at radius 3 is 2.86 bits per heavy atom. The van der Waals surface area contributed by atoms with Gasteiger partial charge in [0.05, 0.1) is 24.1 Å². The Morgan fingerprint density at radius 1 is 1.07 bits per heavy atom. The fourth-order valence-electron chi connectivity index (χ4n) is 3.61. The summed E-state index contributed by atoms with van der Waals surface area (Å²) in [5.74, 6) is 0.566. The van der Waals surface area contributed by atoms with Gasteiger partial charge in [-0.1, -0.05) is 12.1 Å². The van der Waals surface area contributed by atoms with E-state index in [1.54, 1.807) is 12.4 Å². The van der Waals surface area contributed by atoms with Gasteiger partial charge in [0, 0.05) is 35.6 Å². The number of fused-ring (bicyclic) bond motifs is 4. The van der Waals surface area contributed by atoms with Crippen LogP contribution < -0.4 is 10.7 Å². The Kier molecular flexibility index (Phi) is 4.50. The molecule has 0 saturated carbocycles. The van der Waals surface area contributed by atoms with Crippen LogP contribution in [0.2, 0.25) is 0 Å². The number of benzene rings is 1. The zero-order valence-electron chi connectivity index (χ0n) is 15.6. The van der Waals surface area contributed by atoms with Crippen molar-refractivity contribution in [2.45, 2.75) is 6.42 Å². The molecule has 0 spiro atoms. The molecule has 29 heavy (non-hydrogen) atoms. The van der Waals surface area contributed by atoms with E-state index in [9.17, 15) is 4.39 Å². The molecule has 2 N–H and O–H groups in total. The van der Waals surface area contributed by atoms with Gasteiger partial charge in [0.1, 0.15) is 18.0 Å². The molecule has 144 valence electrons. The minimum Gasteiger partial charge on any atom is -0.338 e. The summed E-state index contributed by atoms with van der Waals surface area (Å²) in [5, 5.41) is 5.36. The van der Waals surface area contributed by atoms with Gasteiger partial charge in [-0.15, -0.1) is 0 Å². The Labute approximate surface area is 167 Å². The molecule has 0 atom stereocenters. The van der Waals surface area contributed by atoms with E-state index in [0.717, 1.165) is 52.4 Å². The molecule has 2 aromatic heterocycles. The number of nitrogens with zero attached hydrogens (tertiary/aromatic N) is 4. The van der Waals surface area contributed by atoms with Crippen LogP contribution in [0.3, 0.4) is 0 Å². The molecule has 1 aromatic carbocycles. The highest BCUT2D eigenvalue weighted by Gasteiger charge is 2.25. The van der Waals surface area contributed by atoms with Crippen LogP contribution in [0.5, 0.6) is 0 Å². The van der Waals surface area contributed by atoms with Crippen LogP contribution in [-0.4, -0.2) is 34.4 Å². The average Bonchev–Trinajstić information content (AvgIpc) is 2.89. The summed E-state index contributed by atoms with van der Waals surface area (Å²) in [5.41, 5.74) is 9.47. The van der Waals surface area contributed by atoms with Crippen molar-refractivity contribution in [3.63, 3.8) is 0 Å². The number of hydrogen-bond acceptors (Lipinski definition) is 6. The highest BCUT2D eigenvalue weighted by atomic mass is 19.1. The lowest BCUT2D eigenvalue weighted by atomic mass is 10.0. The lowest BCUT2D eigenvalue weighted by Crippen LogP contribution is -2.40. The van der Waals surface area contributed by atoms with Crippen LogP contribution in [0.25, 0.3) is 11.3 Å². The van der Waals surface area contributed by atoms with Crippen molar-refractivity contribution in [2.75, 3.05) is 18.4 Å². The number of nitrogens with one attached hydrogen (secondary N) is 2. The standard InChI is InChI=1S/C22H19FN6/c23-16-5-3-15(4-6-16)7-11-27-29-13-19-17-8-10-24-12-20(17)28-22-18(2-1-9-25-22)21(19)26-14-29/h1-6,8-10,12,14,27H,7,11,13H2,(H,25,28). The normalized spacial score (nSPS) is 14.6. The maximum Gasteiger partial charge on any atom is 0.139 e. The summed E-state index contributed by atoms with van der Waals surface area (Å²) < 4.78 is 13.1. The van der Waals surface area contributed by atoms with Crippen molar-refractivity contribution in [2.24, 2.45) is 4.99 Å². The van der Waals surface area contributed by atoms with Crippen molar-refractivity contribution in [1.29, 1.82) is 0 Å². The third-order valence-electron chi connectivity index (χ3n) is 5.04. The van der Waals surface area contributed by atoms with Crippen molar-refractivity contribution in [3.8, 4) is 0 Å². The molecular formula is C22H19FN6. The van der Waals surface area contributed by atoms with E-state index >= 15 is 0 Å². The van der Waals surface area contributed by atoms with Crippen LogP contribution >= 0.6 is 0 Å². The highest BCUT2D eigenvalue weighted by Crippen LogP contribution is 2.40. The largest absolute Gasteiger partial charge is 0.338 e. The summed E-state index contributed by atoms with van der Waals surface area (Å²) in [7, 11) is 0. The van der Waals surface area contributed by atoms with Crippen LogP contribution in [0.1, 0.15) is 16.7 Å². The van der Waals surface area contributed by atoms with E-state index < -0.39 is 0 Å². The lowest BCUT2D eigenvalue weighted by molar-refractivity contribution is 0.351. The number of pyridine rings is 2. The fourth-order valence-corrected chi connectivity index (χ4v) is 3.61. The SMILES string of the molecule is Fc1ccc(CCNN2C=NC3=C(C2)c2ccncc2Nc2ncccc23)cc1. The van der Waals surface area contributed by atoms with E-state index in [2.05, 4.69) is 20.7 Å². The average molecular weight is 386 g/mol. The first-order chi connectivity index (χ1) is 14.3. The van der Waals surface area contributed by atoms with Gasteiger partial charge in [0.15, 0.2) is 0 Å². The first-order valence-electron chi connectivity index (χ1n) is 9.47. The van der Waals surface area contributed by atoms with E-state index in [-0.39, 0.29) is 5.82 Å². The predicted molar refractivity (Wildman–Crippen MR) is 112 cm³/mol. The second-order valence-electron chi connectivity index (χ2n) is 6.93. The number of hydrogen-bond donors (Lipinski definition) is 2. The quantitative estimate of drug-likeness (QED) is 0.717. The van der Waals surface area contributed by atoms with Crippen LogP contribution in [0, 0.1) is 5.82 Å². The summed E-state index contributed by atoms with van der Waals surface area (Å²) in [6.45, 7) is 1.38. The Hall–Kier alpha value is -3.58. The van der Waals surface area contributed by atoms with Crippen LogP contribution in [0.4, 0.5) is 15.9 Å². The molecule has 0 bridgehead atoms. The number of anilines is 2. The number of halogens is 1. The van der Waals surface area contributed by atoms with Gasteiger partial charge < -0.3 is 5.32 Å². The minimum atomic E-state index is -0.214. The minimum absolute atomic E-state index is 0.214. The molecule has 0 saturated heterocycles. The molecule has 4 heterocycles. The first kappa shape index (κ1) is 17.5. The van der Waals surface area contributed by atoms with Crippen molar-refractivity contribution in [1.82, 2.24) is 20.4 Å². The second-order valence-corrected chi connectivity index (χ2v) is 6.93. The van der Waals surface area contributed by atoms with Gasteiger partial charge in [-0.25, -0.2) is 19.8 Å². The van der Waals surface area contributed by atoms with E-state index in [1.165, 1.54) is 12.1 Å². The maximum absolute atomic E-state index is 13.1. The number of aromatic nitrogens is 2. The molecule has 0 unspecified atom stereocenters. The predicted octanol–water partition coefficient (Wildman–Crippen LogP) is 3.63. The third-order valence-corrected chi connectivity index (χ3v) is 5.04. The van der Waals surface area contributed by atoms with Gasteiger partial charge in [0.25, 0.3) is 0 Å². The van der Waals surface area contributed by atoms with Crippen LogP contribution in [-0.2, 0) is 6.42 Å². The van der Waals surface area contributed by atoms with Crippen molar-refractivity contribution in [3.05, 3.63) is 83.6 Å². The molecular weight excluding hydrogens is 367 g/mol. The molecule has 2 aliphatic rings. The van der Waals surface area contributed by atoms with Crippen LogP contribution in [0.15, 0.2) is 66.0 Å². The summed E-state index contributed by atoms with van der Waals surface area (Å²) in [6, 6.07) is 12.5. The molecule has 5 rings (SSSR count). The first-order valence-corrected chi connectivity index (χ1v) is 9.47. The van der Waals surface area contributed by atoms with E-state index in [0.29, 0.717) is 6.54 Å². The number of aliphatic imine (C=N–C) groups is 1. The summed E-state index contributed by atoms with van der Waals surface area (Å²) in [4.78, 5) is 13.5. The van der Waals surface area contributed by atoms with Gasteiger partial charge >= 0.3 is 0 Å². The second kappa shape index (κ2) is 7.44. The van der Waals surface area contributed by atoms with Gasteiger partial charge in [-0.2, -0.15) is 0 Å². The summed E-state index contributed by atoms with van der Waals surface area (Å²) in [6.07, 6.45) is 7.98. The van der Waals surface area contributed by atoms with E-state index in [1.807, 2.05) is 47.9 Å². The van der Waals surface area contributed by atoms with Gasteiger partial charge in [0.2, 0.25) is 0 Å². The molecule has 3 aromatic rings. The molecule has 2 aliphatic heterocycles. The molecule has 0 fully saturated rings. The zero-order chi connectivity index (χ0) is 19.6. The Morgan fingerprint density at radius 2 is 1.97 bits per heavy atom. The Balaban J connectivity index is 1.38. The van der Waals surface area contributed by atoms with E-state index in [4.69, 9.17) is 4.99 Å². The van der Waals surface area contributed by atoms with Gasteiger partial charge in [-0.05, 0) is 42.3 Å². The Bertz CT molecular complexity index is 1110. The van der Waals surface area contributed by atoms with Gasteiger partial charge in [-0.3, -0.25) is 9.99 Å². The van der Waals surface area contributed by atoms with Crippen molar-refractivity contribution < 1.29 is 4.39 Å². The smallest absolute Gasteiger partial charge is 0.139 e.